The third kappa shape index (κ3) is 4.03. The van der Waals surface area contributed by atoms with Gasteiger partial charge in [-0.1, -0.05) is 34.8 Å². The van der Waals surface area contributed by atoms with Crippen molar-refractivity contribution in [3.8, 4) is 11.5 Å². The molecule has 2 rings (SSSR count). The lowest BCUT2D eigenvalue weighted by atomic mass is 10.2. The minimum absolute atomic E-state index is 0.0320. The molecule has 0 saturated heterocycles. The fourth-order valence-electron chi connectivity index (χ4n) is 1.76. The second-order valence-corrected chi connectivity index (χ2v) is 5.85. The van der Waals surface area contributed by atoms with E-state index in [1.54, 1.807) is 0 Å². The average Bonchev–Trinajstić information content (AvgIpc) is 2.49. The Morgan fingerprint density at radius 2 is 1.78 bits per heavy atom. The van der Waals surface area contributed by atoms with Gasteiger partial charge in [0.1, 0.15) is 11.3 Å². The number of thiocarbonyl (C=S) groups is 1. The van der Waals surface area contributed by atoms with Crippen LogP contribution < -0.4 is 4.74 Å². The molecule has 0 fully saturated rings. The number of halogens is 3. The molecule has 120 valence electrons. The number of benzene rings is 2. The Hall–Kier alpha value is -1.60. The summed E-state index contributed by atoms with van der Waals surface area (Å²) in [5, 5.41) is 11.8. The van der Waals surface area contributed by atoms with Gasteiger partial charge in [-0.15, -0.1) is 0 Å². The Morgan fingerprint density at radius 1 is 1.17 bits per heavy atom. The van der Waals surface area contributed by atoms with Crippen LogP contribution in [0.3, 0.4) is 0 Å². The van der Waals surface area contributed by atoms with Crippen LogP contribution >= 0.6 is 47.0 Å². The molecule has 2 aromatic carbocycles. The standard InChI is InChI=1S/C14H8Cl3NO4S/c1-21-14(23)9-6-8(2-3-12(9)18(19)20)22-13-10(16)4-7(15)5-11(13)17/h2-6H,1H3. The van der Waals surface area contributed by atoms with Gasteiger partial charge in [-0.3, -0.25) is 10.1 Å². The van der Waals surface area contributed by atoms with Crippen molar-refractivity contribution >= 4 is 57.8 Å². The van der Waals surface area contributed by atoms with Crippen LogP contribution in [-0.2, 0) is 4.74 Å². The maximum atomic E-state index is 11.1. The van der Waals surface area contributed by atoms with Gasteiger partial charge in [-0.25, -0.2) is 0 Å². The van der Waals surface area contributed by atoms with Crippen LogP contribution in [0, 0.1) is 10.1 Å². The summed E-state index contributed by atoms with van der Waals surface area (Å²) in [6.07, 6.45) is 0. The second-order valence-electron chi connectivity index (χ2n) is 4.23. The number of nitrogens with zero attached hydrogens (tertiary/aromatic N) is 1. The van der Waals surface area contributed by atoms with E-state index in [2.05, 4.69) is 0 Å². The second kappa shape index (κ2) is 7.31. The van der Waals surface area contributed by atoms with Crippen LogP contribution in [0.5, 0.6) is 11.5 Å². The van der Waals surface area contributed by atoms with Crippen molar-refractivity contribution in [3.63, 3.8) is 0 Å². The Morgan fingerprint density at radius 3 is 2.30 bits per heavy atom. The molecule has 0 spiro atoms. The van der Waals surface area contributed by atoms with Gasteiger partial charge in [0.05, 0.1) is 22.1 Å². The molecule has 0 atom stereocenters. The Kier molecular flexibility index (Phi) is 5.64. The van der Waals surface area contributed by atoms with Gasteiger partial charge in [0.15, 0.2) is 10.8 Å². The van der Waals surface area contributed by atoms with Crippen LogP contribution in [-0.4, -0.2) is 17.1 Å². The van der Waals surface area contributed by atoms with Gasteiger partial charge in [-0.05, 0) is 36.5 Å². The number of hydrogen-bond acceptors (Lipinski definition) is 5. The molecule has 5 nitrogen and oxygen atoms in total. The highest BCUT2D eigenvalue weighted by atomic mass is 35.5. The van der Waals surface area contributed by atoms with Crippen molar-refractivity contribution in [2.24, 2.45) is 0 Å². The van der Waals surface area contributed by atoms with E-state index in [0.29, 0.717) is 5.02 Å². The molecule has 2 aromatic rings. The van der Waals surface area contributed by atoms with Crippen molar-refractivity contribution in [1.29, 1.82) is 0 Å². The normalized spacial score (nSPS) is 10.3. The Balaban J connectivity index is 2.46. The molecular formula is C14H8Cl3NO4S. The fraction of sp³-hybridized carbons (Fsp3) is 0.0714. The lowest BCUT2D eigenvalue weighted by Crippen LogP contribution is -2.04. The molecule has 0 aliphatic carbocycles. The number of rotatable bonds is 4. The van der Waals surface area contributed by atoms with Gasteiger partial charge in [0, 0.05) is 11.1 Å². The molecular weight excluding hydrogens is 385 g/mol. The van der Waals surface area contributed by atoms with Crippen molar-refractivity contribution in [2.75, 3.05) is 7.11 Å². The molecule has 0 radical (unpaired) electrons. The molecule has 0 bridgehead atoms. The molecule has 23 heavy (non-hydrogen) atoms. The zero-order valence-electron chi connectivity index (χ0n) is 11.5. The molecule has 0 aromatic heterocycles. The quantitative estimate of drug-likeness (QED) is 0.381. The molecule has 0 aliphatic heterocycles. The van der Waals surface area contributed by atoms with Crippen LogP contribution in [0.4, 0.5) is 5.69 Å². The largest absolute Gasteiger partial charge is 0.486 e. The highest BCUT2D eigenvalue weighted by molar-refractivity contribution is 7.80. The van der Waals surface area contributed by atoms with Crippen LogP contribution in [0.25, 0.3) is 0 Å². The monoisotopic (exact) mass is 391 g/mol. The van der Waals surface area contributed by atoms with E-state index in [1.807, 2.05) is 0 Å². The van der Waals surface area contributed by atoms with Crippen molar-refractivity contribution in [3.05, 3.63) is 61.1 Å². The number of nitro benzene ring substituents is 1. The van der Waals surface area contributed by atoms with Crippen molar-refractivity contribution in [1.82, 2.24) is 0 Å². The predicted octanol–water partition coefficient (Wildman–Crippen LogP) is 5.67. The first-order chi connectivity index (χ1) is 10.8. The molecule has 0 unspecified atom stereocenters. The minimum Gasteiger partial charge on any atom is -0.486 e. The number of ether oxygens (including phenoxy) is 2. The van der Waals surface area contributed by atoms with E-state index < -0.39 is 4.92 Å². The average molecular weight is 393 g/mol. The summed E-state index contributed by atoms with van der Waals surface area (Å²) >= 11 is 22.9. The SMILES string of the molecule is COC(=S)c1cc(Oc2c(Cl)cc(Cl)cc2Cl)ccc1[N+](=O)[O-]. The predicted molar refractivity (Wildman–Crippen MR) is 93.4 cm³/mol. The van der Waals surface area contributed by atoms with Gasteiger partial charge in [0.2, 0.25) is 0 Å². The summed E-state index contributed by atoms with van der Waals surface area (Å²) in [7, 11) is 1.33. The van der Waals surface area contributed by atoms with Crippen LogP contribution in [0.1, 0.15) is 5.56 Å². The summed E-state index contributed by atoms with van der Waals surface area (Å²) < 4.78 is 10.5. The first-order valence-corrected chi connectivity index (χ1v) is 7.57. The summed E-state index contributed by atoms with van der Waals surface area (Å²) in [6.45, 7) is 0. The molecule has 0 amide bonds. The van der Waals surface area contributed by atoms with Gasteiger partial charge in [-0.2, -0.15) is 0 Å². The molecule has 9 heteroatoms. The van der Waals surface area contributed by atoms with Gasteiger partial charge < -0.3 is 9.47 Å². The Labute approximate surface area is 151 Å². The first kappa shape index (κ1) is 17.7. The van der Waals surface area contributed by atoms with Gasteiger partial charge in [0.25, 0.3) is 5.69 Å². The highest BCUT2D eigenvalue weighted by Gasteiger charge is 2.20. The number of nitro groups is 1. The summed E-state index contributed by atoms with van der Waals surface area (Å²) in [5.74, 6) is 0.442. The smallest absolute Gasteiger partial charge is 0.281 e. The molecule has 0 heterocycles. The minimum atomic E-state index is -0.563. The first-order valence-electron chi connectivity index (χ1n) is 6.02. The fourth-order valence-corrected chi connectivity index (χ4v) is 2.81. The van der Waals surface area contributed by atoms with E-state index in [-0.39, 0.29) is 37.8 Å². The zero-order chi connectivity index (χ0) is 17.1. The lowest BCUT2D eigenvalue weighted by Gasteiger charge is -2.11. The van der Waals surface area contributed by atoms with E-state index in [1.165, 1.54) is 37.4 Å². The Bertz CT molecular complexity index is 775. The lowest BCUT2D eigenvalue weighted by molar-refractivity contribution is -0.385. The maximum absolute atomic E-state index is 11.1. The molecule has 0 N–H and O–H groups in total. The van der Waals surface area contributed by atoms with E-state index in [4.69, 9.17) is 56.5 Å². The molecule has 0 saturated carbocycles. The third-order valence-electron chi connectivity index (χ3n) is 2.75. The maximum Gasteiger partial charge on any atom is 0.281 e. The number of methoxy groups -OCH3 is 1. The zero-order valence-corrected chi connectivity index (χ0v) is 14.6. The number of hydrogen-bond donors (Lipinski definition) is 0. The third-order valence-corrected chi connectivity index (χ3v) is 3.92. The van der Waals surface area contributed by atoms with Crippen LogP contribution in [0.2, 0.25) is 15.1 Å². The van der Waals surface area contributed by atoms with Gasteiger partial charge >= 0.3 is 0 Å². The molecule has 0 aliphatic rings. The van der Waals surface area contributed by atoms with E-state index >= 15 is 0 Å². The van der Waals surface area contributed by atoms with E-state index in [9.17, 15) is 10.1 Å². The summed E-state index contributed by atoms with van der Waals surface area (Å²) in [5.41, 5.74) is -0.0799. The van der Waals surface area contributed by atoms with Crippen molar-refractivity contribution < 1.29 is 14.4 Å². The topological polar surface area (TPSA) is 61.6 Å². The highest BCUT2D eigenvalue weighted by Crippen LogP contribution is 2.39. The van der Waals surface area contributed by atoms with Crippen LogP contribution in [0.15, 0.2) is 30.3 Å². The van der Waals surface area contributed by atoms with Crippen molar-refractivity contribution in [2.45, 2.75) is 0 Å². The van der Waals surface area contributed by atoms with E-state index in [0.717, 1.165) is 0 Å². The summed E-state index contributed by atoms with van der Waals surface area (Å²) in [4.78, 5) is 10.5. The summed E-state index contributed by atoms with van der Waals surface area (Å²) in [6, 6.07) is 6.98.